The van der Waals surface area contributed by atoms with E-state index in [1.54, 1.807) is 6.29 Å². The van der Waals surface area contributed by atoms with Gasteiger partial charge in [-0.05, 0) is 25.7 Å². The molecule has 0 atom stereocenters. The molecule has 0 aromatic heterocycles. The molecule has 1 aliphatic carbocycles. The predicted octanol–water partition coefficient (Wildman–Crippen LogP) is 2.46. The molecule has 0 heterocycles. The van der Waals surface area contributed by atoms with Crippen LogP contribution in [0.5, 0.6) is 0 Å². The lowest BCUT2D eigenvalue weighted by Gasteiger charge is -2.26. The molecule has 1 aliphatic rings. The van der Waals surface area contributed by atoms with E-state index in [2.05, 4.69) is 0 Å². The first-order chi connectivity index (χ1) is 5.54. The fourth-order valence-electron chi connectivity index (χ4n) is 1.54. The number of carbonyl (C=O) groups excluding carboxylic acids is 1. The van der Waals surface area contributed by atoms with Crippen LogP contribution >= 0.6 is 0 Å². The second-order valence-corrected chi connectivity index (χ2v) is 3.21. The van der Waals surface area contributed by atoms with Crippen LogP contribution in [0.4, 0.5) is 13.2 Å². The Morgan fingerprint density at radius 3 is 1.92 bits per heavy atom. The third-order valence-electron chi connectivity index (χ3n) is 2.36. The molecule has 0 N–H and O–H groups in total. The Bertz CT molecular complexity index is 156. The van der Waals surface area contributed by atoms with Gasteiger partial charge in [-0.3, -0.25) is 4.79 Å². The average Bonchev–Trinajstić information content (AvgIpc) is 2.03. The largest absolute Gasteiger partial charge is 0.391 e. The Kier molecular flexibility index (Phi) is 2.75. The lowest BCUT2D eigenvalue weighted by molar-refractivity contribution is -0.182. The third-order valence-corrected chi connectivity index (χ3v) is 2.36. The smallest absolute Gasteiger partial charge is 0.291 e. The summed E-state index contributed by atoms with van der Waals surface area (Å²) in [6.07, 6.45) is -1.46. The molecular weight excluding hydrogens is 169 g/mol. The maximum Gasteiger partial charge on any atom is 0.391 e. The minimum absolute atomic E-state index is 0.0867. The lowest BCUT2D eigenvalue weighted by Crippen LogP contribution is -2.28. The molecule has 1 fully saturated rings. The Labute approximate surface area is 68.9 Å². The van der Waals surface area contributed by atoms with Gasteiger partial charge in [-0.15, -0.1) is 0 Å². The highest BCUT2D eigenvalue weighted by Crippen LogP contribution is 2.38. The van der Waals surface area contributed by atoms with Crippen molar-refractivity contribution in [2.24, 2.45) is 11.8 Å². The molecule has 0 aliphatic heterocycles. The van der Waals surface area contributed by atoms with Crippen molar-refractivity contribution in [3.8, 4) is 0 Å². The van der Waals surface area contributed by atoms with Crippen molar-refractivity contribution in [3.63, 3.8) is 0 Å². The SMILES string of the molecule is O=[C]C1CCC(C(F)(F)F)CC1. The summed E-state index contributed by atoms with van der Waals surface area (Å²) in [5, 5.41) is 0. The summed E-state index contributed by atoms with van der Waals surface area (Å²) < 4.78 is 36.2. The minimum atomic E-state index is -4.08. The molecule has 0 amide bonds. The first kappa shape index (κ1) is 9.55. The van der Waals surface area contributed by atoms with Crippen LogP contribution in [0.2, 0.25) is 0 Å². The summed E-state index contributed by atoms with van der Waals surface area (Å²) in [7, 11) is 0. The lowest BCUT2D eigenvalue weighted by atomic mass is 9.82. The maximum absolute atomic E-state index is 12.1. The average molecular weight is 179 g/mol. The van der Waals surface area contributed by atoms with Crippen LogP contribution in [0, 0.1) is 11.8 Å². The van der Waals surface area contributed by atoms with E-state index in [1.165, 1.54) is 0 Å². The summed E-state index contributed by atoms with van der Waals surface area (Å²) in [5.41, 5.74) is 0. The zero-order chi connectivity index (χ0) is 9.19. The molecule has 0 unspecified atom stereocenters. The Morgan fingerprint density at radius 1 is 1.08 bits per heavy atom. The molecule has 1 nitrogen and oxygen atoms in total. The van der Waals surface area contributed by atoms with Crippen molar-refractivity contribution in [2.75, 3.05) is 0 Å². The van der Waals surface area contributed by atoms with Crippen molar-refractivity contribution in [3.05, 3.63) is 0 Å². The van der Waals surface area contributed by atoms with Gasteiger partial charge in [-0.25, -0.2) is 0 Å². The van der Waals surface area contributed by atoms with Crippen molar-refractivity contribution >= 4 is 6.29 Å². The van der Waals surface area contributed by atoms with E-state index in [9.17, 15) is 18.0 Å². The standard InChI is InChI=1S/C8H10F3O/c9-8(10,11)7-3-1-6(5-12)2-4-7/h6-7H,1-4H2. The molecule has 0 saturated heterocycles. The number of halogens is 3. The Hall–Kier alpha value is -0.540. The molecule has 4 heteroatoms. The van der Waals surface area contributed by atoms with Gasteiger partial charge in [-0.2, -0.15) is 13.2 Å². The highest BCUT2D eigenvalue weighted by Gasteiger charge is 2.41. The Morgan fingerprint density at radius 2 is 1.58 bits per heavy atom. The first-order valence-corrected chi connectivity index (χ1v) is 3.98. The molecule has 0 bridgehead atoms. The molecule has 0 spiro atoms. The molecule has 0 aromatic carbocycles. The second kappa shape index (κ2) is 3.46. The van der Waals surface area contributed by atoms with Crippen molar-refractivity contribution in [2.45, 2.75) is 31.9 Å². The molecule has 1 saturated carbocycles. The topological polar surface area (TPSA) is 17.1 Å². The molecule has 1 radical (unpaired) electrons. The number of alkyl halides is 3. The number of rotatable bonds is 1. The van der Waals surface area contributed by atoms with Gasteiger partial charge in [0, 0.05) is 5.92 Å². The van der Waals surface area contributed by atoms with Crippen LogP contribution in [-0.4, -0.2) is 12.5 Å². The predicted molar refractivity (Wildman–Crippen MR) is 37.2 cm³/mol. The summed E-state index contributed by atoms with van der Waals surface area (Å²) in [6, 6.07) is 0. The Balaban J connectivity index is 2.41. The van der Waals surface area contributed by atoms with Crippen molar-refractivity contribution < 1.29 is 18.0 Å². The van der Waals surface area contributed by atoms with E-state index < -0.39 is 12.1 Å². The quantitative estimate of drug-likeness (QED) is 0.604. The van der Waals surface area contributed by atoms with Crippen LogP contribution < -0.4 is 0 Å². The van der Waals surface area contributed by atoms with E-state index in [0.717, 1.165) is 0 Å². The summed E-state index contributed by atoms with van der Waals surface area (Å²) in [4.78, 5) is 10.1. The van der Waals surface area contributed by atoms with Gasteiger partial charge in [0.1, 0.15) is 0 Å². The van der Waals surface area contributed by atoms with Gasteiger partial charge in [0.25, 0.3) is 0 Å². The van der Waals surface area contributed by atoms with Crippen LogP contribution in [-0.2, 0) is 4.79 Å². The number of hydrogen-bond acceptors (Lipinski definition) is 1. The monoisotopic (exact) mass is 179 g/mol. The van der Waals surface area contributed by atoms with E-state index in [0.29, 0.717) is 12.8 Å². The zero-order valence-electron chi connectivity index (χ0n) is 6.53. The van der Waals surface area contributed by atoms with Crippen LogP contribution in [0.15, 0.2) is 0 Å². The molecule has 69 valence electrons. The second-order valence-electron chi connectivity index (χ2n) is 3.21. The number of hydrogen-bond donors (Lipinski definition) is 0. The van der Waals surface area contributed by atoms with Crippen LogP contribution in [0.1, 0.15) is 25.7 Å². The maximum atomic E-state index is 12.1. The van der Waals surface area contributed by atoms with Gasteiger partial charge >= 0.3 is 6.18 Å². The minimum Gasteiger partial charge on any atom is -0.291 e. The molecule has 1 rings (SSSR count). The van der Waals surface area contributed by atoms with Gasteiger partial charge in [-0.1, -0.05) is 0 Å². The summed E-state index contributed by atoms with van der Waals surface area (Å²) in [5.74, 6) is -1.45. The van der Waals surface area contributed by atoms with Gasteiger partial charge in [0.05, 0.1) is 5.92 Å². The van der Waals surface area contributed by atoms with E-state index in [4.69, 9.17) is 0 Å². The van der Waals surface area contributed by atoms with Gasteiger partial charge < -0.3 is 0 Å². The summed E-state index contributed by atoms with van der Waals surface area (Å²) in [6.45, 7) is 0. The normalized spacial score (nSPS) is 31.6. The van der Waals surface area contributed by atoms with Crippen LogP contribution in [0.25, 0.3) is 0 Å². The highest BCUT2D eigenvalue weighted by atomic mass is 19.4. The van der Waals surface area contributed by atoms with E-state index in [1.807, 2.05) is 0 Å². The van der Waals surface area contributed by atoms with Crippen molar-refractivity contribution in [1.82, 2.24) is 0 Å². The highest BCUT2D eigenvalue weighted by molar-refractivity contribution is 5.54. The fourth-order valence-corrected chi connectivity index (χ4v) is 1.54. The van der Waals surface area contributed by atoms with E-state index >= 15 is 0 Å². The van der Waals surface area contributed by atoms with E-state index in [-0.39, 0.29) is 18.8 Å². The third kappa shape index (κ3) is 2.22. The molecule has 0 aromatic rings. The van der Waals surface area contributed by atoms with Crippen LogP contribution in [0.3, 0.4) is 0 Å². The first-order valence-electron chi connectivity index (χ1n) is 3.98. The van der Waals surface area contributed by atoms with Gasteiger partial charge in [0.15, 0.2) is 0 Å². The summed E-state index contributed by atoms with van der Waals surface area (Å²) >= 11 is 0. The molecular formula is C8H10F3O. The zero-order valence-corrected chi connectivity index (χ0v) is 6.53. The molecule has 12 heavy (non-hydrogen) atoms. The van der Waals surface area contributed by atoms with Crippen molar-refractivity contribution in [1.29, 1.82) is 0 Å². The fraction of sp³-hybridized carbons (Fsp3) is 0.875. The van der Waals surface area contributed by atoms with Gasteiger partial charge in [0.2, 0.25) is 6.29 Å².